The summed E-state index contributed by atoms with van der Waals surface area (Å²) in [6.45, 7) is -0.330. The van der Waals surface area contributed by atoms with E-state index >= 15 is 4.39 Å². The molecule has 1 aromatic heterocycles. The number of hydrogen-bond donors (Lipinski definition) is 2. The van der Waals surface area contributed by atoms with Crippen LogP contribution < -0.4 is 10.6 Å². The number of thiazole rings is 1. The summed E-state index contributed by atoms with van der Waals surface area (Å²) in [5.74, 6) is -1.31. The summed E-state index contributed by atoms with van der Waals surface area (Å²) in [5.41, 5.74) is 2.10. The highest BCUT2D eigenvalue weighted by atomic mass is 32.2. The van der Waals surface area contributed by atoms with Crippen molar-refractivity contribution in [1.82, 2.24) is 15.6 Å². The second-order valence-corrected chi connectivity index (χ2v) is 12.4. The molecule has 0 spiro atoms. The van der Waals surface area contributed by atoms with Crippen LogP contribution in [-0.4, -0.2) is 49.8 Å². The Bertz CT molecular complexity index is 1460. The van der Waals surface area contributed by atoms with E-state index in [1.54, 1.807) is 18.3 Å². The average Bonchev–Trinajstić information content (AvgIpc) is 3.71. The summed E-state index contributed by atoms with van der Waals surface area (Å²) < 4.78 is 40.7. The van der Waals surface area contributed by atoms with Crippen molar-refractivity contribution in [3.63, 3.8) is 0 Å². The van der Waals surface area contributed by atoms with Crippen LogP contribution >= 0.6 is 11.3 Å². The normalized spacial score (nSPS) is 23.4. The first-order chi connectivity index (χ1) is 17.2. The van der Waals surface area contributed by atoms with Gasteiger partial charge in [-0.05, 0) is 37.8 Å². The molecular formula is C25H25FN4O4S2. The molecule has 36 heavy (non-hydrogen) atoms. The number of rotatable bonds is 8. The van der Waals surface area contributed by atoms with E-state index in [4.69, 9.17) is 0 Å². The van der Waals surface area contributed by atoms with Crippen LogP contribution in [0.2, 0.25) is 0 Å². The first-order valence-corrected chi connectivity index (χ1v) is 14.4. The molecule has 0 radical (unpaired) electrons. The van der Waals surface area contributed by atoms with Crippen molar-refractivity contribution in [3.8, 4) is 0 Å². The Hall–Kier alpha value is -3.18. The van der Waals surface area contributed by atoms with Gasteiger partial charge in [0.1, 0.15) is 10.8 Å². The van der Waals surface area contributed by atoms with Crippen LogP contribution in [0.25, 0.3) is 15.8 Å². The van der Waals surface area contributed by atoms with Gasteiger partial charge in [-0.2, -0.15) is 0 Å². The molecule has 2 amide bonds. The third-order valence-electron chi connectivity index (χ3n) is 6.06. The lowest BCUT2D eigenvalue weighted by molar-refractivity contribution is -0.126. The maximum Gasteiger partial charge on any atom is 0.245 e. The predicted octanol–water partition coefficient (Wildman–Crippen LogP) is 3.23. The summed E-state index contributed by atoms with van der Waals surface area (Å²) in [6, 6.07) is 2.96. The smallest absolute Gasteiger partial charge is 0.245 e. The predicted molar refractivity (Wildman–Crippen MR) is 138 cm³/mol. The van der Waals surface area contributed by atoms with Crippen molar-refractivity contribution in [2.45, 2.75) is 37.0 Å². The highest BCUT2D eigenvalue weighted by molar-refractivity contribution is 7.91. The molecule has 2 aliphatic carbocycles. The second kappa shape index (κ2) is 9.70. The van der Waals surface area contributed by atoms with Crippen LogP contribution in [0.5, 0.6) is 0 Å². The third kappa shape index (κ3) is 5.62. The van der Waals surface area contributed by atoms with Crippen LogP contribution in [0.1, 0.15) is 41.5 Å². The molecule has 1 aliphatic heterocycles. The zero-order valence-corrected chi connectivity index (χ0v) is 21.2. The van der Waals surface area contributed by atoms with Gasteiger partial charge in [0.05, 0.1) is 16.8 Å². The fourth-order valence-corrected chi connectivity index (χ4v) is 6.41. The molecular weight excluding hydrogens is 503 g/mol. The maximum absolute atomic E-state index is 15.1. The maximum atomic E-state index is 15.1. The third-order valence-corrected chi connectivity index (χ3v) is 8.59. The van der Waals surface area contributed by atoms with Gasteiger partial charge in [0.2, 0.25) is 11.8 Å². The number of sulfone groups is 1. The van der Waals surface area contributed by atoms with Gasteiger partial charge < -0.3 is 10.6 Å². The minimum Gasteiger partial charge on any atom is -0.352 e. The molecule has 2 fully saturated rings. The average molecular weight is 529 g/mol. The van der Waals surface area contributed by atoms with Crippen LogP contribution in [0, 0.1) is 11.7 Å². The lowest BCUT2D eigenvalue weighted by atomic mass is 10.0. The first-order valence-electron chi connectivity index (χ1n) is 11.7. The number of carbonyl (C=O) groups excluding carboxylic acids is 2. The summed E-state index contributed by atoms with van der Waals surface area (Å²) in [7, 11) is -3.92. The number of carbonyl (C=O) groups is 2. The van der Waals surface area contributed by atoms with Crippen molar-refractivity contribution < 1.29 is 22.4 Å². The van der Waals surface area contributed by atoms with Gasteiger partial charge in [0.15, 0.2) is 15.1 Å². The van der Waals surface area contributed by atoms with E-state index in [2.05, 4.69) is 20.6 Å². The first kappa shape index (κ1) is 24.5. The number of aromatic nitrogens is 1. The molecule has 1 unspecified atom stereocenters. The summed E-state index contributed by atoms with van der Waals surface area (Å²) in [4.78, 5) is 33.5. The zero-order valence-electron chi connectivity index (χ0n) is 19.5. The van der Waals surface area contributed by atoms with Crippen molar-refractivity contribution in [3.05, 3.63) is 59.0 Å². The van der Waals surface area contributed by atoms with Crippen LogP contribution in [0.3, 0.4) is 0 Å². The largest absolute Gasteiger partial charge is 0.352 e. The molecule has 8 nitrogen and oxygen atoms in total. The molecule has 2 N–H and O–H groups in total. The number of halogens is 1. The quantitative estimate of drug-likeness (QED) is 0.546. The molecule has 188 valence electrons. The van der Waals surface area contributed by atoms with E-state index in [-0.39, 0.29) is 29.0 Å². The Labute approximate surface area is 212 Å². The molecule has 0 bridgehead atoms. The van der Waals surface area contributed by atoms with Gasteiger partial charge in [0.25, 0.3) is 0 Å². The van der Waals surface area contributed by atoms with Crippen molar-refractivity contribution >= 4 is 54.5 Å². The van der Waals surface area contributed by atoms with Gasteiger partial charge in [-0.15, -0.1) is 11.3 Å². The lowest BCUT2D eigenvalue weighted by Crippen LogP contribution is -2.41. The summed E-state index contributed by atoms with van der Waals surface area (Å²) in [6.07, 6.45) is 14.0. The van der Waals surface area contributed by atoms with E-state index in [0.717, 1.165) is 49.0 Å². The second-order valence-electron chi connectivity index (χ2n) is 9.25. The molecule has 0 saturated heterocycles. The minimum atomic E-state index is -3.92. The minimum absolute atomic E-state index is 0.0170. The number of allylic oxidation sites excluding steroid dienone is 5. The molecule has 5 rings (SSSR count). The van der Waals surface area contributed by atoms with Crippen molar-refractivity contribution in [2.75, 3.05) is 12.8 Å². The number of amides is 2. The molecule has 1 aromatic carbocycles. The molecule has 2 saturated carbocycles. The summed E-state index contributed by atoms with van der Waals surface area (Å²) in [5, 5.41) is 3.54. The number of aliphatic imine (C=N–C) groups is 1. The van der Waals surface area contributed by atoms with Crippen molar-refractivity contribution in [1.29, 1.82) is 0 Å². The van der Waals surface area contributed by atoms with E-state index in [0.29, 0.717) is 21.8 Å². The van der Waals surface area contributed by atoms with Crippen molar-refractivity contribution in [2.24, 2.45) is 10.9 Å². The molecule has 2 aromatic rings. The Morgan fingerprint density at radius 3 is 2.61 bits per heavy atom. The van der Waals surface area contributed by atoms with Gasteiger partial charge in [0, 0.05) is 47.3 Å². The Morgan fingerprint density at radius 2 is 1.92 bits per heavy atom. The number of nitrogens with one attached hydrogen (secondary N) is 2. The standard InChI is InChI=1S/C25H25FN4O4S2/c1-36(33,34)23(24(32)28-13-22(31)29-16-8-9-16)25-30-20-11-18(26)17(10-21(20)35-25)15-4-2-3-5-19(27-12-15)14-6-7-14/h2-5,10-12,14,16,23H,6-9,13H2,1H3,(H,28,32)(H,29,31)/b3-2?,4-2+,5-3+,15-4?,15-12+,19-5?,27-12?,27-19+. The highest BCUT2D eigenvalue weighted by Crippen LogP contribution is 2.35. The highest BCUT2D eigenvalue weighted by Gasteiger charge is 2.34. The number of benzene rings is 1. The fourth-order valence-electron chi connectivity index (χ4n) is 3.88. The Balaban J connectivity index is 1.43. The number of hydrogen-bond acceptors (Lipinski definition) is 7. The molecule has 3 aliphatic rings. The Kier molecular flexibility index (Phi) is 6.60. The zero-order chi connectivity index (χ0) is 25.4. The van der Waals surface area contributed by atoms with Gasteiger partial charge in [-0.25, -0.2) is 17.8 Å². The van der Waals surface area contributed by atoms with Crippen LogP contribution in [0.15, 0.2) is 47.6 Å². The van der Waals surface area contributed by atoms with Crippen LogP contribution in [0.4, 0.5) is 4.39 Å². The number of nitrogens with zero attached hydrogens (tertiary/aromatic N) is 2. The fraction of sp³-hybridized carbons (Fsp3) is 0.360. The molecule has 1 atom stereocenters. The number of fused-ring (bicyclic) bond motifs is 1. The van der Waals surface area contributed by atoms with E-state index in [1.165, 1.54) is 6.07 Å². The lowest BCUT2D eigenvalue weighted by Gasteiger charge is -2.12. The SMILES string of the molecule is CS(=O)(=O)C(C(=O)NCC(=O)NC1CC1)c1nc2cc(F)c(C3=C/N=C(C4CC4)\C=C\C=C\3)cc2s1. The van der Waals surface area contributed by atoms with Gasteiger partial charge in [-0.3, -0.25) is 14.6 Å². The Morgan fingerprint density at radius 1 is 1.17 bits per heavy atom. The van der Waals surface area contributed by atoms with Crippen LogP contribution in [-0.2, 0) is 19.4 Å². The monoisotopic (exact) mass is 528 g/mol. The summed E-state index contributed by atoms with van der Waals surface area (Å²) >= 11 is 1.01. The topological polar surface area (TPSA) is 118 Å². The van der Waals surface area contributed by atoms with E-state index in [9.17, 15) is 18.0 Å². The molecule has 2 heterocycles. The van der Waals surface area contributed by atoms with E-state index < -0.39 is 26.8 Å². The van der Waals surface area contributed by atoms with Gasteiger partial charge in [-0.1, -0.05) is 18.2 Å². The molecule has 11 heteroatoms. The van der Waals surface area contributed by atoms with E-state index in [1.807, 2.05) is 18.2 Å². The van der Waals surface area contributed by atoms with Gasteiger partial charge >= 0.3 is 0 Å².